The van der Waals surface area contributed by atoms with Crippen LogP contribution < -0.4 is 10.6 Å². The Labute approximate surface area is 156 Å². The Bertz CT molecular complexity index is 838. The highest BCUT2D eigenvalue weighted by atomic mass is 16.6. The van der Waals surface area contributed by atoms with Gasteiger partial charge in [0.05, 0.1) is 17.4 Å². The van der Waals surface area contributed by atoms with Crippen LogP contribution in [0.2, 0.25) is 0 Å². The molecule has 0 aliphatic rings. The van der Waals surface area contributed by atoms with Gasteiger partial charge in [0.25, 0.3) is 5.69 Å². The molecule has 1 amide bonds. The van der Waals surface area contributed by atoms with Gasteiger partial charge >= 0.3 is 5.97 Å². The molecule has 0 radical (unpaired) electrons. The third-order valence-electron chi connectivity index (χ3n) is 4.05. The first-order valence-electron chi connectivity index (χ1n) is 8.42. The summed E-state index contributed by atoms with van der Waals surface area (Å²) in [7, 11) is 0. The molecule has 0 spiro atoms. The molecule has 0 aromatic heterocycles. The van der Waals surface area contributed by atoms with Gasteiger partial charge in [-0.15, -0.1) is 0 Å². The minimum Gasteiger partial charge on any atom is -0.481 e. The molecule has 0 aliphatic carbocycles. The van der Waals surface area contributed by atoms with Gasteiger partial charge in [0, 0.05) is 19.0 Å². The van der Waals surface area contributed by atoms with Gasteiger partial charge in [-0.3, -0.25) is 19.7 Å². The smallest absolute Gasteiger partial charge is 0.305 e. The highest BCUT2D eigenvalue weighted by Crippen LogP contribution is 2.23. The fraction of sp³-hybridized carbons (Fsp3) is 0.263. The lowest BCUT2D eigenvalue weighted by Crippen LogP contribution is -2.31. The summed E-state index contributed by atoms with van der Waals surface area (Å²) in [6.45, 7) is 2.04. The Morgan fingerprint density at radius 2 is 1.81 bits per heavy atom. The minimum absolute atomic E-state index is 0.0497. The van der Waals surface area contributed by atoms with Crippen LogP contribution in [0.1, 0.15) is 30.0 Å². The largest absolute Gasteiger partial charge is 0.481 e. The van der Waals surface area contributed by atoms with Crippen molar-refractivity contribution in [3.8, 4) is 0 Å². The molecule has 3 N–H and O–H groups in total. The highest BCUT2D eigenvalue weighted by molar-refractivity contribution is 5.78. The van der Waals surface area contributed by atoms with E-state index in [0.29, 0.717) is 5.69 Å². The standard InChI is InChI=1S/C19H21N3O5/c1-13-6-2-3-7-14(13)16(12-19(24)25)21-18(23)10-11-20-15-8-4-5-9-17(15)22(26)27/h2-9,16,20H,10-12H2,1H3,(H,21,23)(H,24,25). The van der Waals surface area contributed by atoms with Crippen LogP contribution in [0.15, 0.2) is 48.5 Å². The van der Waals surface area contributed by atoms with E-state index >= 15 is 0 Å². The van der Waals surface area contributed by atoms with Crippen LogP contribution in [0.5, 0.6) is 0 Å². The summed E-state index contributed by atoms with van der Waals surface area (Å²) in [5.74, 6) is -1.35. The molecular formula is C19H21N3O5. The van der Waals surface area contributed by atoms with Crippen molar-refractivity contribution >= 4 is 23.3 Å². The molecule has 8 nitrogen and oxygen atoms in total. The fourth-order valence-electron chi connectivity index (χ4n) is 2.75. The first-order chi connectivity index (χ1) is 12.9. The Kier molecular flexibility index (Phi) is 6.87. The van der Waals surface area contributed by atoms with Gasteiger partial charge in [-0.25, -0.2) is 0 Å². The van der Waals surface area contributed by atoms with E-state index in [1.807, 2.05) is 19.1 Å². The van der Waals surface area contributed by atoms with E-state index in [0.717, 1.165) is 11.1 Å². The number of carbonyl (C=O) groups is 2. The van der Waals surface area contributed by atoms with Crippen LogP contribution in [0, 0.1) is 17.0 Å². The zero-order chi connectivity index (χ0) is 19.8. The van der Waals surface area contributed by atoms with Gasteiger partial charge in [-0.2, -0.15) is 0 Å². The summed E-state index contributed by atoms with van der Waals surface area (Å²) >= 11 is 0. The van der Waals surface area contributed by atoms with Gasteiger partial charge in [0.1, 0.15) is 5.69 Å². The quantitative estimate of drug-likeness (QED) is 0.460. The number of nitrogens with one attached hydrogen (secondary N) is 2. The fourth-order valence-corrected chi connectivity index (χ4v) is 2.75. The van der Waals surface area contributed by atoms with Crippen LogP contribution >= 0.6 is 0 Å². The van der Waals surface area contributed by atoms with E-state index in [-0.39, 0.29) is 31.0 Å². The zero-order valence-corrected chi connectivity index (χ0v) is 14.8. The lowest BCUT2D eigenvalue weighted by atomic mass is 9.98. The van der Waals surface area contributed by atoms with Gasteiger partial charge < -0.3 is 15.7 Å². The molecule has 1 atom stereocenters. The molecule has 27 heavy (non-hydrogen) atoms. The zero-order valence-electron chi connectivity index (χ0n) is 14.8. The predicted molar refractivity (Wildman–Crippen MR) is 101 cm³/mol. The molecule has 0 bridgehead atoms. The predicted octanol–water partition coefficient (Wildman–Crippen LogP) is 3.04. The van der Waals surface area contributed by atoms with Crippen molar-refractivity contribution in [3.63, 3.8) is 0 Å². The molecule has 8 heteroatoms. The number of carboxylic acids is 1. The number of rotatable bonds is 9. The minimum atomic E-state index is -1.01. The number of nitro groups is 1. The molecule has 2 rings (SSSR count). The van der Waals surface area contributed by atoms with Gasteiger partial charge in [0.15, 0.2) is 0 Å². The number of benzene rings is 2. The van der Waals surface area contributed by atoms with Crippen molar-refractivity contribution < 1.29 is 19.6 Å². The number of hydrogen-bond donors (Lipinski definition) is 3. The molecule has 142 valence electrons. The van der Waals surface area contributed by atoms with E-state index in [1.54, 1.807) is 30.3 Å². The van der Waals surface area contributed by atoms with Crippen molar-refractivity contribution in [3.05, 3.63) is 69.8 Å². The number of hydrogen-bond acceptors (Lipinski definition) is 5. The number of para-hydroxylation sites is 2. The van der Waals surface area contributed by atoms with Gasteiger partial charge in [0.2, 0.25) is 5.91 Å². The number of carbonyl (C=O) groups excluding carboxylic acids is 1. The topological polar surface area (TPSA) is 122 Å². The van der Waals surface area contributed by atoms with Crippen LogP contribution in [0.3, 0.4) is 0 Å². The maximum atomic E-state index is 12.3. The first kappa shape index (κ1) is 19.9. The van der Waals surface area contributed by atoms with E-state index < -0.39 is 16.9 Å². The second-order valence-corrected chi connectivity index (χ2v) is 6.03. The van der Waals surface area contributed by atoms with Crippen LogP contribution in [0.4, 0.5) is 11.4 Å². The van der Waals surface area contributed by atoms with Crippen molar-refractivity contribution in [1.82, 2.24) is 5.32 Å². The summed E-state index contributed by atoms with van der Waals surface area (Å²) in [5.41, 5.74) is 1.90. The summed E-state index contributed by atoms with van der Waals surface area (Å²) in [6.07, 6.45) is -0.178. The average molecular weight is 371 g/mol. The normalized spacial score (nSPS) is 11.4. The van der Waals surface area contributed by atoms with E-state index in [1.165, 1.54) is 6.07 Å². The Balaban J connectivity index is 1.97. The summed E-state index contributed by atoms with van der Waals surface area (Å²) < 4.78 is 0. The Hall–Kier alpha value is -3.42. The van der Waals surface area contributed by atoms with Crippen molar-refractivity contribution in [2.24, 2.45) is 0 Å². The Morgan fingerprint density at radius 1 is 1.15 bits per heavy atom. The first-order valence-corrected chi connectivity index (χ1v) is 8.42. The van der Waals surface area contributed by atoms with Crippen molar-refractivity contribution in [2.45, 2.75) is 25.8 Å². The number of nitrogens with zero attached hydrogens (tertiary/aromatic N) is 1. The molecule has 2 aromatic rings. The number of aliphatic carboxylic acids is 1. The lowest BCUT2D eigenvalue weighted by Gasteiger charge is -2.19. The molecule has 0 saturated carbocycles. The van der Waals surface area contributed by atoms with Gasteiger partial charge in [-0.1, -0.05) is 36.4 Å². The summed E-state index contributed by atoms with van der Waals surface area (Å²) in [4.78, 5) is 33.9. The highest BCUT2D eigenvalue weighted by Gasteiger charge is 2.19. The monoisotopic (exact) mass is 371 g/mol. The van der Waals surface area contributed by atoms with E-state index in [9.17, 15) is 19.7 Å². The Morgan fingerprint density at radius 3 is 2.48 bits per heavy atom. The van der Waals surface area contributed by atoms with E-state index in [4.69, 9.17) is 5.11 Å². The maximum Gasteiger partial charge on any atom is 0.305 e. The molecule has 0 saturated heterocycles. The number of nitro benzene ring substituents is 1. The SMILES string of the molecule is Cc1ccccc1C(CC(=O)O)NC(=O)CCNc1ccccc1[N+](=O)[O-]. The molecule has 0 aliphatic heterocycles. The van der Waals surface area contributed by atoms with Crippen LogP contribution in [-0.4, -0.2) is 28.5 Å². The second-order valence-electron chi connectivity index (χ2n) is 6.03. The maximum absolute atomic E-state index is 12.3. The van der Waals surface area contributed by atoms with E-state index in [2.05, 4.69) is 10.6 Å². The second kappa shape index (κ2) is 9.33. The molecule has 0 fully saturated rings. The average Bonchev–Trinajstić information content (AvgIpc) is 2.61. The molecule has 0 heterocycles. The number of amides is 1. The van der Waals surface area contributed by atoms with Crippen molar-refractivity contribution in [2.75, 3.05) is 11.9 Å². The number of carboxylic acid groups (broad SMARTS) is 1. The third-order valence-corrected chi connectivity index (χ3v) is 4.05. The number of aryl methyl sites for hydroxylation is 1. The van der Waals surface area contributed by atoms with Crippen molar-refractivity contribution in [1.29, 1.82) is 0 Å². The lowest BCUT2D eigenvalue weighted by molar-refractivity contribution is -0.384. The third kappa shape index (κ3) is 5.81. The molecule has 2 aromatic carbocycles. The summed E-state index contributed by atoms with van der Waals surface area (Å²) in [6, 6.07) is 12.8. The molecular weight excluding hydrogens is 350 g/mol. The van der Waals surface area contributed by atoms with Gasteiger partial charge in [-0.05, 0) is 24.1 Å². The summed E-state index contributed by atoms with van der Waals surface area (Å²) in [5, 5.41) is 25.7. The number of anilines is 1. The van der Waals surface area contributed by atoms with Crippen LogP contribution in [-0.2, 0) is 9.59 Å². The molecule has 1 unspecified atom stereocenters. The van der Waals surface area contributed by atoms with Crippen LogP contribution in [0.25, 0.3) is 0 Å².